The number of benzene rings is 1. The summed E-state index contributed by atoms with van der Waals surface area (Å²) in [6.07, 6.45) is 0.348. The van der Waals surface area contributed by atoms with Gasteiger partial charge in [-0.3, -0.25) is 0 Å². The first-order valence-electron chi connectivity index (χ1n) is 5.11. The van der Waals surface area contributed by atoms with E-state index in [1.54, 1.807) is 11.4 Å². The van der Waals surface area contributed by atoms with Crippen molar-refractivity contribution in [2.45, 2.75) is 12.5 Å². The molecule has 1 aromatic heterocycles. The smallest absolute Gasteiger partial charge is 0.194 e. The van der Waals surface area contributed by atoms with E-state index >= 15 is 0 Å². The molecule has 0 radical (unpaired) electrons. The molecular formula is C12H9ClF3NS. The van der Waals surface area contributed by atoms with E-state index in [-0.39, 0.29) is 5.56 Å². The Morgan fingerprint density at radius 3 is 2.33 bits per heavy atom. The second-order valence-corrected chi connectivity index (χ2v) is 5.21. The molecule has 2 rings (SSSR count). The highest BCUT2D eigenvalue weighted by molar-refractivity contribution is 7.10. The van der Waals surface area contributed by atoms with Crippen LogP contribution in [0.1, 0.15) is 16.5 Å². The fourth-order valence-electron chi connectivity index (χ4n) is 1.58. The highest BCUT2D eigenvalue weighted by atomic mass is 35.5. The first-order valence-corrected chi connectivity index (χ1v) is 6.36. The first kappa shape index (κ1) is 13.4. The molecule has 0 saturated heterocycles. The maximum atomic E-state index is 13.1. The van der Waals surface area contributed by atoms with Crippen LogP contribution in [0.4, 0.5) is 13.2 Å². The average Bonchev–Trinajstić information content (AvgIpc) is 2.71. The molecule has 18 heavy (non-hydrogen) atoms. The molecule has 0 spiro atoms. The van der Waals surface area contributed by atoms with E-state index in [1.165, 1.54) is 11.3 Å². The third-order valence-electron chi connectivity index (χ3n) is 2.53. The molecule has 0 saturated carbocycles. The van der Waals surface area contributed by atoms with E-state index in [2.05, 4.69) is 0 Å². The molecule has 1 atom stereocenters. The number of hydrogen-bond acceptors (Lipinski definition) is 2. The van der Waals surface area contributed by atoms with Gasteiger partial charge in [0.15, 0.2) is 17.5 Å². The van der Waals surface area contributed by atoms with Crippen LogP contribution in [0.5, 0.6) is 0 Å². The predicted octanol–water partition coefficient (Wildman–Crippen LogP) is 4.06. The van der Waals surface area contributed by atoms with Crippen molar-refractivity contribution < 1.29 is 13.2 Å². The number of nitrogens with two attached hydrogens (primary N) is 1. The van der Waals surface area contributed by atoms with Crippen LogP contribution in [0.3, 0.4) is 0 Å². The van der Waals surface area contributed by atoms with E-state index in [1.807, 2.05) is 0 Å². The normalized spacial score (nSPS) is 12.7. The Kier molecular flexibility index (Phi) is 3.94. The van der Waals surface area contributed by atoms with Crippen molar-refractivity contribution in [3.05, 3.63) is 56.5 Å². The van der Waals surface area contributed by atoms with Crippen molar-refractivity contribution in [2.24, 2.45) is 5.73 Å². The van der Waals surface area contributed by atoms with Crippen LogP contribution in [0.15, 0.2) is 23.6 Å². The van der Waals surface area contributed by atoms with E-state index in [0.717, 1.165) is 17.0 Å². The molecule has 2 N–H and O–H groups in total. The van der Waals surface area contributed by atoms with Crippen molar-refractivity contribution in [1.82, 2.24) is 0 Å². The molecule has 6 heteroatoms. The maximum absolute atomic E-state index is 13.1. The molecular weight excluding hydrogens is 283 g/mol. The summed E-state index contributed by atoms with van der Waals surface area (Å²) in [5.41, 5.74) is 6.04. The quantitative estimate of drug-likeness (QED) is 0.848. The summed E-state index contributed by atoms with van der Waals surface area (Å²) in [4.78, 5) is 0.828. The van der Waals surface area contributed by atoms with E-state index in [0.29, 0.717) is 11.4 Å². The van der Waals surface area contributed by atoms with Gasteiger partial charge >= 0.3 is 0 Å². The van der Waals surface area contributed by atoms with Crippen LogP contribution in [-0.4, -0.2) is 0 Å². The Balaban J connectivity index is 2.24. The predicted molar refractivity (Wildman–Crippen MR) is 66.3 cm³/mol. The lowest BCUT2D eigenvalue weighted by molar-refractivity contribution is 0.443. The zero-order valence-electron chi connectivity index (χ0n) is 9.09. The lowest BCUT2D eigenvalue weighted by Gasteiger charge is -2.12. The lowest BCUT2D eigenvalue weighted by atomic mass is 10.0. The fourth-order valence-corrected chi connectivity index (χ4v) is 2.75. The van der Waals surface area contributed by atoms with Crippen molar-refractivity contribution in [1.29, 1.82) is 0 Å². The van der Waals surface area contributed by atoms with Crippen molar-refractivity contribution in [2.75, 3.05) is 0 Å². The molecule has 1 nitrogen and oxygen atoms in total. The van der Waals surface area contributed by atoms with E-state index < -0.39 is 23.5 Å². The van der Waals surface area contributed by atoms with Gasteiger partial charge in [-0.1, -0.05) is 11.6 Å². The van der Waals surface area contributed by atoms with Crippen LogP contribution in [0.25, 0.3) is 0 Å². The second kappa shape index (κ2) is 5.30. The third-order valence-corrected chi connectivity index (χ3v) is 3.94. The molecule has 0 amide bonds. The Morgan fingerprint density at radius 2 is 1.83 bits per heavy atom. The minimum Gasteiger partial charge on any atom is -0.324 e. The zero-order valence-corrected chi connectivity index (χ0v) is 10.7. The molecule has 1 unspecified atom stereocenters. The number of rotatable bonds is 3. The van der Waals surface area contributed by atoms with Gasteiger partial charge in [-0.15, -0.1) is 11.3 Å². The van der Waals surface area contributed by atoms with Crippen LogP contribution in [0, 0.1) is 17.5 Å². The van der Waals surface area contributed by atoms with Crippen LogP contribution < -0.4 is 5.73 Å². The van der Waals surface area contributed by atoms with Crippen LogP contribution >= 0.6 is 22.9 Å². The molecule has 96 valence electrons. The molecule has 0 aliphatic heterocycles. The summed E-state index contributed by atoms with van der Waals surface area (Å²) < 4.78 is 38.9. The van der Waals surface area contributed by atoms with Crippen LogP contribution in [-0.2, 0) is 6.42 Å². The Hall–Kier alpha value is -1.04. The summed E-state index contributed by atoms with van der Waals surface area (Å²) in [6.45, 7) is 0. The monoisotopic (exact) mass is 291 g/mol. The topological polar surface area (TPSA) is 26.0 Å². The first-order chi connectivity index (χ1) is 8.49. The third kappa shape index (κ3) is 2.68. The standard InChI is InChI=1S/C12H9ClF3NS/c13-7-1-2-18-11(7)5-10(17)6-3-8(14)12(16)9(15)4-6/h1-4,10H,5,17H2. The van der Waals surface area contributed by atoms with E-state index in [9.17, 15) is 13.2 Å². The van der Waals surface area contributed by atoms with Gasteiger partial charge in [0.2, 0.25) is 0 Å². The van der Waals surface area contributed by atoms with Crippen molar-refractivity contribution >= 4 is 22.9 Å². The number of hydrogen-bond donors (Lipinski definition) is 1. The van der Waals surface area contributed by atoms with Crippen molar-refractivity contribution in [3.8, 4) is 0 Å². The van der Waals surface area contributed by atoms with Gasteiger partial charge in [-0.25, -0.2) is 13.2 Å². The Bertz CT molecular complexity index is 547. The maximum Gasteiger partial charge on any atom is 0.194 e. The average molecular weight is 292 g/mol. The zero-order chi connectivity index (χ0) is 13.3. The Labute approximate surface area is 111 Å². The van der Waals surface area contributed by atoms with Gasteiger partial charge in [-0.2, -0.15) is 0 Å². The highest BCUT2D eigenvalue weighted by Gasteiger charge is 2.16. The second-order valence-electron chi connectivity index (χ2n) is 3.80. The fraction of sp³-hybridized carbons (Fsp3) is 0.167. The van der Waals surface area contributed by atoms with Gasteiger partial charge in [-0.05, 0) is 29.1 Å². The largest absolute Gasteiger partial charge is 0.324 e. The lowest BCUT2D eigenvalue weighted by Crippen LogP contribution is -2.14. The van der Waals surface area contributed by atoms with Crippen molar-refractivity contribution in [3.63, 3.8) is 0 Å². The number of halogens is 4. The van der Waals surface area contributed by atoms with E-state index in [4.69, 9.17) is 17.3 Å². The molecule has 1 aromatic carbocycles. The molecule has 0 aliphatic rings. The SMILES string of the molecule is NC(Cc1sccc1Cl)c1cc(F)c(F)c(F)c1. The molecule has 0 fully saturated rings. The molecule has 0 aliphatic carbocycles. The summed E-state index contributed by atoms with van der Waals surface area (Å²) >= 11 is 7.32. The Morgan fingerprint density at radius 1 is 1.22 bits per heavy atom. The minimum absolute atomic E-state index is 0.205. The molecule has 0 bridgehead atoms. The minimum atomic E-state index is -1.49. The highest BCUT2D eigenvalue weighted by Crippen LogP contribution is 2.27. The van der Waals surface area contributed by atoms with Gasteiger partial charge < -0.3 is 5.73 Å². The number of thiophene rings is 1. The molecule has 1 heterocycles. The molecule has 2 aromatic rings. The summed E-state index contributed by atoms with van der Waals surface area (Å²) in [5, 5.41) is 2.37. The summed E-state index contributed by atoms with van der Waals surface area (Å²) in [5.74, 6) is -3.96. The van der Waals surface area contributed by atoms with Gasteiger partial charge in [0, 0.05) is 17.3 Å². The van der Waals surface area contributed by atoms with Gasteiger partial charge in [0.05, 0.1) is 5.02 Å². The van der Waals surface area contributed by atoms with Gasteiger partial charge in [0.25, 0.3) is 0 Å². The summed E-state index contributed by atoms with van der Waals surface area (Å²) in [7, 11) is 0. The van der Waals surface area contributed by atoms with Gasteiger partial charge in [0.1, 0.15) is 0 Å². The van der Waals surface area contributed by atoms with Crippen LogP contribution in [0.2, 0.25) is 5.02 Å². The summed E-state index contributed by atoms with van der Waals surface area (Å²) in [6, 6.07) is 2.90.